The molecule has 0 saturated carbocycles. The molecule has 6 heterocycles. The summed E-state index contributed by atoms with van der Waals surface area (Å²) in [5.74, 6) is 1.53. The molecule has 0 spiro atoms. The Morgan fingerprint density at radius 2 is 0.905 bits per heavy atom. The van der Waals surface area contributed by atoms with Gasteiger partial charge in [-0.1, -0.05) is 109 Å². The van der Waals surface area contributed by atoms with Crippen molar-refractivity contribution in [3.8, 4) is 28.7 Å². The smallest absolute Gasteiger partial charge is 0.238 e. The van der Waals surface area contributed by atoms with Crippen molar-refractivity contribution in [2.24, 2.45) is 0 Å². The molecule has 63 heavy (non-hydrogen) atoms. The SMILES string of the molecule is c1ccc2c(c1)oc1cc(-c3nc(-c4ccc5c(c4)oc4ccccc45)nc(-n4c5ccccc5c5c6oc7ccccc7c6c6c(ccc7sc8ccccc8c76)c54)n3)ccc12. The zero-order valence-electron chi connectivity index (χ0n) is 33.1. The summed E-state index contributed by atoms with van der Waals surface area (Å²) in [5, 5.41) is 13.2. The molecule has 7 nitrogen and oxygen atoms in total. The van der Waals surface area contributed by atoms with Crippen LogP contribution >= 0.6 is 11.3 Å². The second-order valence-corrected chi connectivity index (χ2v) is 17.3. The highest BCUT2D eigenvalue weighted by molar-refractivity contribution is 7.26. The molecule has 15 aromatic rings. The lowest BCUT2D eigenvalue weighted by Gasteiger charge is -2.13. The Balaban J connectivity index is 1.09. The maximum Gasteiger partial charge on any atom is 0.238 e. The Morgan fingerprint density at radius 1 is 0.365 bits per heavy atom. The molecule has 0 N–H and O–H groups in total. The van der Waals surface area contributed by atoms with Gasteiger partial charge in [-0.25, -0.2) is 4.98 Å². The van der Waals surface area contributed by atoms with Crippen LogP contribution in [0.25, 0.3) is 147 Å². The number of fused-ring (bicyclic) bond motifs is 20. The van der Waals surface area contributed by atoms with Gasteiger partial charge in [0.25, 0.3) is 0 Å². The van der Waals surface area contributed by atoms with Gasteiger partial charge < -0.3 is 13.3 Å². The van der Waals surface area contributed by atoms with Crippen LogP contribution in [0.15, 0.2) is 183 Å². The largest absolute Gasteiger partial charge is 0.456 e. The molecule has 0 amide bonds. The number of para-hydroxylation sites is 4. The number of aromatic nitrogens is 4. The molecule has 6 aromatic heterocycles. The Labute approximate surface area is 359 Å². The fraction of sp³-hybridized carbons (Fsp3) is 0. The number of thiophene rings is 1. The zero-order valence-corrected chi connectivity index (χ0v) is 33.9. The van der Waals surface area contributed by atoms with Crippen LogP contribution < -0.4 is 0 Å². The van der Waals surface area contributed by atoms with E-state index in [1.54, 1.807) is 0 Å². The number of nitrogens with zero attached hydrogens (tertiary/aromatic N) is 4. The molecule has 0 fully saturated rings. The van der Waals surface area contributed by atoms with Gasteiger partial charge in [0.2, 0.25) is 5.95 Å². The number of furan rings is 3. The lowest BCUT2D eigenvalue weighted by molar-refractivity contribution is 0.668. The summed E-state index contributed by atoms with van der Waals surface area (Å²) in [6.45, 7) is 0. The minimum atomic E-state index is 0.489. The minimum Gasteiger partial charge on any atom is -0.456 e. The molecule has 0 saturated heterocycles. The maximum atomic E-state index is 7.00. The summed E-state index contributed by atoms with van der Waals surface area (Å²) in [6.07, 6.45) is 0. The predicted octanol–water partition coefficient (Wildman–Crippen LogP) is 15.5. The summed E-state index contributed by atoms with van der Waals surface area (Å²) < 4.78 is 24.5. The van der Waals surface area contributed by atoms with Crippen LogP contribution in [0.2, 0.25) is 0 Å². The van der Waals surface area contributed by atoms with E-state index >= 15 is 0 Å². The highest BCUT2D eigenvalue weighted by Gasteiger charge is 2.27. The van der Waals surface area contributed by atoms with Gasteiger partial charge in [0.1, 0.15) is 33.5 Å². The second-order valence-electron chi connectivity index (χ2n) is 16.2. The van der Waals surface area contributed by atoms with E-state index in [0.29, 0.717) is 17.6 Å². The van der Waals surface area contributed by atoms with Crippen LogP contribution in [0.3, 0.4) is 0 Å². The lowest BCUT2D eigenvalue weighted by Crippen LogP contribution is -2.06. The van der Waals surface area contributed by atoms with Gasteiger partial charge in [0, 0.05) is 79.8 Å². The van der Waals surface area contributed by atoms with E-state index < -0.39 is 0 Å². The van der Waals surface area contributed by atoms with Gasteiger partial charge in [-0.2, -0.15) is 9.97 Å². The average Bonchev–Trinajstić information content (AvgIpc) is 4.16. The van der Waals surface area contributed by atoms with Crippen molar-refractivity contribution in [3.05, 3.63) is 170 Å². The highest BCUT2D eigenvalue weighted by atomic mass is 32.1. The van der Waals surface area contributed by atoms with Crippen LogP contribution in [0, 0.1) is 0 Å². The standard InChI is InChI=1S/C55H28N4O3S/c1-6-16-39-35(13-1)50-51(38-25-26-46-47(37-15-5-10-20-45(37)63-46)48(38)49-36-14-4-9-19-42(36)62-52(49)50)59(39)55-57-53(29-21-23-33-31-11-2-7-17-40(31)60-43(33)27-29)56-54(58-55)30-22-24-34-32-12-3-8-18-41(32)61-44(34)28-30/h1-28H. The zero-order chi connectivity index (χ0) is 40.9. The average molecular weight is 825 g/mol. The molecular formula is C55H28N4O3S. The number of hydrogen-bond acceptors (Lipinski definition) is 7. The fourth-order valence-electron chi connectivity index (χ4n) is 10.1. The topological polar surface area (TPSA) is 83.0 Å². The lowest BCUT2D eigenvalue weighted by atomic mass is 9.96. The first-order valence-corrected chi connectivity index (χ1v) is 21.7. The van der Waals surface area contributed by atoms with Crippen LogP contribution in [0.4, 0.5) is 0 Å². The third kappa shape index (κ3) is 4.54. The van der Waals surface area contributed by atoms with Crippen molar-refractivity contribution in [1.29, 1.82) is 0 Å². The first kappa shape index (κ1) is 33.4. The summed E-state index contributed by atoms with van der Waals surface area (Å²) in [5.41, 5.74) is 8.45. The van der Waals surface area contributed by atoms with Gasteiger partial charge >= 0.3 is 0 Å². The van der Waals surface area contributed by atoms with E-state index in [1.807, 2.05) is 65.9 Å². The molecule has 0 radical (unpaired) electrons. The van der Waals surface area contributed by atoms with Crippen molar-refractivity contribution < 1.29 is 13.3 Å². The summed E-state index contributed by atoms with van der Waals surface area (Å²) >= 11 is 1.82. The van der Waals surface area contributed by atoms with Crippen LogP contribution in [-0.4, -0.2) is 19.5 Å². The molecule has 0 aliphatic rings. The molecular weight excluding hydrogens is 797 g/mol. The van der Waals surface area contributed by atoms with E-state index in [0.717, 1.165) is 110 Å². The number of rotatable bonds is 3. The van der Waals surface area contributed by atoms with E-state index in [4.69, 9.17) is 28.2 Å². The molecule has 0 bridgehead atoms. The third-order valence-electron chi connectivity index (χ3n) is 12.8. The first-order chi connectivity index (χ1) is 31.2. The minimum absolute atomic E-state index is 0.489. The van der Waals surface area contributed by atoms with Gasteiger partial charge in [-0.3, -0.25) is 4.57 Å². The van der Waals surface area contributed by atoms with Gasteiger partial charge in [0.05, 0.1) is 16.4 Å². The van der Waals surface area contributed by atoms with Crippen molar-refractivity contribution >= 4 is 130 Å². The van der Waals surface area contributed by atoms with Gasteiger partial charge in [-0.15, -0.1) is 11.3 Å². The fourth-order valence-corrected chi connectivity index (χ4v) is 11.2. The van der Waals surface area contributed by atoms with Crippen molar-refractivity contribution in [2.45, 2.75) is 0 Å². The quantitative estimate of drug-likeness (QED) is 0.176. The number of hydrogen-bond donors (Lipinski definition) is 0. The van der Waals surface area contributed by atoms with Crippen LogP contribution in [-0.2, 0) is 0 Å². The number of benzene rings is 9. The van der Waals surface area contributed by atoms with Crippen molar-refractivity contribution in [2.75, 3.05) is 0 Å². The van der Waals surface area contributed by atoms with Crippen molar-refractivity contribution in [1.82, 2.24) is 19.5 Å². The maximum absolute atomic E-state index is 7.00. The predicted molar refractivity (Wildman–Crippen MR) is 257 cm³/mol. The highest BCUT2D eigenvalue weighted by Crippen LogP contribution is 2.50. The van der Waals surface area contributed by atoms with Gasteiger partial charge in [0.15, 0.2) is 11.6 Å². The molecule has 9 aromatic carbocycles. The summed E-state index contributed by atoms with van der Waals surface area (Å²) in [4.78, 5) is 16.1. The molecule has 0 aliphatic carbocycles. The normalized spacial score (nSPS) is 12.4. The molecule has 292 valence electrons. The summed E-state index contributed by atoms with van der Waals surface area (Å²) in [6, 6.07) is 58.8. The Kier molecular flexibility index (Phi) is 6.44. The Bertz CT molecular complexity index is 4340. The van der Waals surface area contributed by atoms with E-state index in [9.17, 15) is 0 Å². The molecule has 15 rings (SSSR count). The van der Waals surface area contributed by atoms with E-state index in [2.05, 4.69) is 120 Å². The van der Waals surface area contributed by atoms with Crippen molar-refractivity contribution in [3.63, 3.8) is 0 Å². The second kappa shape index (κ2) is 12.2. The first-order valence-electron chi connectivity index (χ1n) is 20.9. The van der Waals surface area contributed by atoms with E-state index in [1.165, 1.54) is 20.2 Å². The molecule has 0 aliphatic heterocycles. The van der Waals surface area contributed by atoms with Gasteiger partial charge in [-0.05, 0) is 60.7 Å². The van der Waals surface area contributed by atoms with Crippen LogP contribution in [0.5, 0.6) is 0 Å². The molecule has 0 atom stereocenters. The monoisotopic (exact) mass is 824 g/mol. The molecule has 8 heteroatoms. The molecule has 0 unspecified atom stereocenters. The van der Waals surface area contributed by atoms with Crippen LogP contribution in [0.1, 0.15) is 0 Å². The Hall–Kier alpha value is -8.33. The summed E-state index contributed by atoms with van der Waals surface area (Å²) in [7, 11) is 0. The third-order valence-corrected chi connectivity index (χ3v) is 14.0. The Morgan fingerprint density at radius 3 is 1.59 bits per heavy atom. The van der Waals surface area contributed by atoms with E-state index in [-0.39, 0.29) is 0 Å².